The van der Waals surface area contributed by atoms with E-state index in [1.54, 1.807) is 6.07 Å². The summed E-state index contributed by atoms with van der Waals surface area (Å²) < 4.78 is 59.3. The third-order valence-corrected chi connectivity index (χ3v) is 4.02. The minimum absolute atomic E-state index is 0.0701. The Balaban J connectivity index is 1.88. The highest BCUT2D eigenvalue weighted by Crippen LogP contribution is 2.39. The predicted molar refractivity (Wildman–Crippen MR) is 88.6 cm³/mol. The maximum atomic E-state index is 13.7. The number of carbonyl (C=O) groups excluding carboxylic acids is 1. The van der Waals surface area contributed by atoms with Gasteiger partial charge in [-0.05, 0) is 24.3 Å². The molecular weight excluding hydrogens is 368 g/mol. The van der Waals surface area contributed by atoms with Crippen molar-refractivity contribution in [3.8, 4) is 5.75 Å². The van der Waals surface area contributed by atoms with Gasteiger partial charge in [-0.15, -0.1) is 0 Å². The molecule has 27 heavy (non-hydrogen) atoms. The van der Waals surface area contributed by atoms with Crippen LogP contribution in [0.5, 0.6) is 5.75 Å². The fraction of sp³-hybridized carbons (Fsp3) is 0.278. The number of hydrogen-bond acceptors (Lipinski definition) is 3. The molecule has 1 fully saturated rings. The van der Waals surface area contributed by atoms with Crippen LogP contribution in [0.4, 0.5) is 28.0 Å². The molecule has 1 saturated heterocycles. The SMILES string of the molecule is CN1OCCN(c2ccc(OCc3ccccc3F)c(C(F)(F)F)c2)C1=O. The van der Waals surface area contributed by atoms with E-state index >= 15 is 0 Å². The molecule has 0 spiro atoms. The molecule has 3 rings (SSSR count). The molecule has 2 aromatic carbocycles. The van der Waals surface area contributed by atoms with Crippen LogP contribution in [0.1, 0.15) is 11.1 Å². The Morgan fingerprint density at radius 2 is 1.93 bits per heavy atom. The van der Waals surface area contributed by atoms with E-state index < -0.39 is 29.3 Å². The molecule has 1 aliphatic rings. The zero-order chi connectivity index (χ0) is 19.6. The van der Waals surface area contributed by atoms with Gasteiger partial charge in [-0.1, -0.05) is 18.2 Å². The summed E-state index contributed by atoms with van der Waals surface area (Å²) in [6.07, 6.45) is -4.71. The number of hydroxylamine groups is 2. The number of ether oxygens (including phenoxy) is 1. The summed E-state index contributed by atoms with van der Waals surface area (Å²) in [5.74, 6) is -1.01. The van der Waals surface area contributed by atoms with Gasteiger partial charge in [-0.2, -0.15) is 13.2 Å². The lowest BCUT2D eigenvalue weighted by atomic mass is 10.1. The molecule has 0 atom stereocenters. The Kier molecular flexibility index (Phi) is 5.22. The monoisotopic (exact) mass is 384 g/mol. The molecule has 0 unspecified atom stereocenters. The lowest BCUT2D eigenvalue weighted by Crippen LogP contribution is -2.48. The van der Waals surface area contributed by atoms with Crippen molar-refractivity contribution in [1.82, 2.24) is 5.06 Å². The molecule has 144 valence electrons. The average Bonchev–Trinajstić information content (AvgIpc) is 2.62. The summed E-state index contributed by atoms with van der Waals surface area (Å²) >= 11 is 0. The molecule has 0 radical (unpaired) electrons. The second kappa shape index (κ2) is 7.43. The Bertz CT molecular complexity index is 842. The van der Waals surface area contributed by atoms with Gasteiger partial charge in [0, 0.05) is 18.3 Å². The van der Waals surface area contributed by atoms with Crippen molar-refractivity contribution >= 4 is 11.7 Å². The van der Waals surface area contributed by atoms with Gasteiger partial charge in [-0.25, -0.2) is 14.2 Å². The number of alkyl halides is 3. The van der Waals surface area contributed by atoms with Crippen LogP contribution in [0.2, 0.25) is 0 Å². The molecule has 5 nitrogen and oxygen atoms in total. The molecule has 9 heteroatoms. The smallest absolute Gasteiger partial charge is 0.420 e. The van der Waals surface area contributed by atoms with Crippen molar-refractivity contribution in [2.45, 2.75) is 12.8 Å². The van der Waals surface area contributed by atoms with Crippen molar-refractivity contribution in [3.05, 3.63) is 59.4 Å². The van der Waals surface area contributed by atoms with E-state index in [2.05, 4.69) is 0 Å². The van der Waals surface area contributed by atoms with Crippen LogP contribution in [0.25, 0.3) is 0 Å². The van der Waals surface area contributed by atoms with E-state index in [4.69, 9.17) is 9.57 Å². The van der Waals surface area contributed by atoms with Crippen LogP contribution >= 0.6 is 0 Å². The first kappa shape index (κ1) is 19.0. The summed E-state index contributed by atoms with van der Waals surface area (Å²) in [6.45, 7) is -0.0701. The summed E-state index contributed by atoms with van der Waals surface area (Å²) in [4.78, 5) is 18.3. The first-order valence-corrected chi connectivity index (χ1v) is 8.03. The fourth-order valence-electron chi connectivity index (χ4n) is 2.63. The van der Waals surface area contributed by atoms with Crippen molar-refractivity contribution in [3.63, 3.8) is 0 Å². The van der Waals surface area contributed by atoms with Gasteiger partial charge in [0.1, 0.15) is 18.2 Å². The number of carbonyl (C=O) groups is 1. The Hall–Kier alpha value is -2.81. The number of hydrogen-bond donors (Lipinski definition) is 0. The van der Waals surface area contributed by atoms with Crippen molar-refractivity contribution in [1.29, 1.82) is 0 Å². The van der Waals surface area contributed by atoms with Gasteiger partial charge in [0.25, 0.3) is 0 Å². The molecule has 2 amide bonds. The third kappa shape index (κ3) is 4.13. The zero-order valence-electron chi connectivity index (χ0n) is 14.3. The van der Waals surface area contributed by atoms with E-state index in [9.17, 15) is 22.4 Å². The number of rotatable bonds is 4. The van der Waals surface area contributed by atoms with Gasteiger partial charge in [-0.3, -0.25) is 9.74 Å². The maximum absolute atomic E-state index is 13.7. The molecule has 2 aromatic rings. The van der Waals surface area contributed by atoms with Crippen molar-refractivity contribution in [2.75, 3.05) is 25.1 Å². The molecule has 0 saturated carbocycles. The Morgan fingerprint density at radius 3 is 2.63 bits per heavy atom. The predicted octanol–water partition coefficient (Wildman–Crippen LogP) is 4.23. The largest absolute Gasteiger partial charge is 0.488 e. The molecular formula is C18H16F4N2O3. The number of halogens is 4. The van der Waals surface area contributed by atoms with Crippen molar-refractivity contribution < 1.29 is 31.9 Å². The van der Waals surface area contributed by atoms with Crippen LogP contribution in [0.15, 0.2) is 42.5 Å². The van der Waals surface area contributed by atoms with Gasteiger partial charge < -0.3 is 4.74 Å². The number of nitrogens with zero attached hydrogens (tertiary/aromatic N) is 2. The van der Waals surface area contributed by atoms with Gasteiger partial charge >= 0.3 is 12.2 Å². The summed E-state index contributed by atoms with van der Waals surface area (Å²) in [5, 5.41) is 0.958. The highest BCUT2D eigenvalue weighted by atomic mass is 19.4. The van der Waals surface area contributed by atoms with E-state index in [1.807, 2.05) is 0 Å². The normalized spacial score (nSPS) is 15.2. The minimum Gasteiger partial charge on any atom is -0.488 e. The van der Waals surface area contributed by atoms with E-state index in [0.29, 0.717) is 0 Å². The Morgan fingerprint density at radius 1 is 1.19 bits per heavy atom. The summed E-state index contributed by atoms with van der Waals surface area (Å²) in [7, 11) is 1.38. The lowest BCUT2D eigenvalue weighted by Gasteiger charge is -2.32. The topological polar surface area (TPSA) is 42.0 Å². The maximum Gasteiger partial charge on any atom is 0.420 e. The van der Waals surface area contributed by atoms with Crippen LogP contribution in [-0.4, -0.2) is 31.3 Å². The number of benzene rings is 2. The van der Waals surface area contributed by atoms with Gasteiger partial charge in [0.15, 0.2) is 0 Å². The minimum atomic E-state index is -4.71. The van der Waals surface area contributed by atoms with E-state index in [1.165, 1.54) is 36.2 Å². The first-order chi connectivity index (χ1) is 12.8. The number of urea groups is 1. The molecule has 1 heterocycles. The standard InChI is InChI=1S/C18H16F4N2O3/c1-23-17(25)24(8-9-27-23)13-6-7-16(14(10-13)18(20,21)22)26-11-12-4-2-3-5-15(12)19/h2-7,10H,8-9,11H2,1H3. The molecule has 0 N–H and O–H groups in total. The average molecular weight is 384 g/mol. The van der Waals surface area contributed by atoms with Crippen LogP contribution < -0.4 is 9.64 Å². The summed E-state index contributed by atoms with van der Waals surface area (Å²) in [5.41, 5.74) is -0.835. The highest BCUT2D eigenvalue weighted by Gasteiger charge is 2.36. The number of anilines is 1. The van der Waals surface area contributed by atoms with Gasteiger partial charge in [0.05, 0.1) is 18.7 Å². The fourth-order valence-corrected chi connectivity index (χ4v) is 2.63. The van der Waals surface area contributed by atoms with Gasteiger partial charge in [0.2, 0.25) is 0 Å². The molecule has 1 aliphatic heterocycles. The second-order valence-electron chi connectivity index (χ2n) is 5.82. The van der Waals surface area contributed by atoms with Crippen LogP contribution in [0, 0.1) is 5.82 Å². The Labute approximate surface area is 152 Å². The van der Waals surface area contributed by atoms with Crippen molar-refractivity contribution in [2.24, 2.45) is 0 Å². The van der Waals surface area contributed by atoms with Crippen LogP contribution in [-0.2, 0) is 17.6 Å². The second-order valence-corrected chi connectivity index (χ2v) is 5.82. The summed E-state index contributed by atoms with van der Waals surface area (Å²) in [6, 6.07) is 8.42. The highest BCUT2D eigenvalue weighted by molar-refractivity contribution is 5.92. The molecule has 0 aromatic heterocycles. The number of amides is 2. The lowest BCUT2D eigenvalue weighted by molar-refractivity contribution is -0.139. The third-order valence-electron chi connectivity index (χ3n) is 4.02. The molecule has 0 aliphatic carbocycles. The quantitative estimate of drug-likeness (QED) is 0.741. The van der Waals surface area contributed by atoms with E-state index in [-0.39, 0.29) is 31.0 Å². The first-order valence-electron chi connectivity index (χ1n) is 8.03. The molecule has 0 bridgehead atoms. The zero-order valence-corrected chi connectivity index (χ0v) is 14.3. The van der Waals surface area contributed by atoms with Crippen LogP contribution in [0.3, 0.4) is 0 Å². The van der Waals surface area contributed by atoms with E-state index in [0.717, 1.165) is 17.2 Å².